The summed E-state index contributed by atoms with van der Waals surface area (Å²) in [5.74, 6) is 5.25. The second-order valence-electron chi connectivity index (χ2n) is 3.70. The maximum absolute atomic E-state index is 11.6. The van der Waals surface area contributed by atoms with Crippen LogP contribution in [-0.2, 0) is 7.05 Å². The highest BCUT2D eigenvalue weighted by molar-refractivity contribution is 6.03. The molecule has 0 atom stereocenters. The SMILES string of the molecule is Cn1nc(N)c(C(=O)NN)c1Nc1ccccc1. The van der Waals surface area contributed by atoms with Crippen molar-refractivity contribution in [2.24, 2.45) is 12.9 Å². The van der Waals surface area contributed by atoms with Gasteiger partial charge in [0.15, 0.2) is 5.82 Å². The van der Waals surface area contributed by atoms with Crippen molar-refractivity contribution in [1.29, 1.82) is 0 Å². The van der Waals surface area contributed by atoms with E-state index < -0.39 is 5.91 Å². The minimum absolute atomic E-state index is 0.124. The lowest BCUT2D eigenvalue weighted by atomic mass is 10.2. The van der Waals surface area contributed by atoms with Crippen molar-refractivity contribution in [3.05, 3.63) is 35.9 Å². The minimum Gasteiger partial charge on any atom is -0.381 e. The number of rotatable bonds is 3. The van der Waals surface area contributed by atoms with E-state index in [1.165, 1.54) is 4.68 Å². The maximum atomic E-state index is 11.6. The number of carbonyl (C=O) groups excluding carboxylic acids is 1. The number of nitrogens with two attached hydrogens (primary N) is 2. The topological polar surface area (TPSA) is 111 Å². The van der Waals surface area contributed by atoms with Crippen LogP contribution in [0, 0.1) is 0 Å². The number of nitrogens with one attached hydrogen (secondary N) is 2. The summed E-state index contributed by atoms with van der Waals surface area (Å²) in [4.78, 5) is 11.6. The summed E-state index contributed by atoms with van der Waals surface area (Å²) in [7, 11) is 1.69. The minimum atomic E-state index is -0.487. The molecule has 1 heterocycles. The molecule has 0 spiro atoms. The normalized spacial score (nSPS) is 10.1. The molecule has 94 valence electrons. The number of anilines is 3. The molecule has 0 aliphatic rings. The summed E-state index contributed by atoms with van der Waals surface area (Å²) in [6.07, 6.45) is 0. The molecule has 7 heteroatoms. The fourth-order valence-corrected chi connectivity index (χ4v) is 1.64. The number of nitrogen functional groups attached to an aromatic ring is 2. The standard InChI is InChI=1S/C11H14N6O/c1-17-10(14-7-5-3-2-4-6-7)8(9(12)16-17)11(18)15-13/h2-6,14H,13H2,1H3,(H2,12,16)(H,15,18). The molecule has 0 radical (unpaired) electrons. The number of nitrogens with zero attached hydrogens (tertiary/aromatic N) is 2. The molecular weight excluding hydrogens is 232 g/mol. The van der Waals surface area contributed by atoms with Crippen LogP contribution < -0.4 is 22.3 Å². The Morgan fingerprint density at radius 2 is 2.00 bits per heavy atom. The van der Waals surface area contributed by atoms with E-state index in [2.05, 4.69) is 10.4 Å². The van der Waals surface area contributed by atoms with Crippen molar-refractivity contribution in [1.82, 2.24) is 15.2 Å². The molecule has 0 unspecified atom stereocenters. The first-order chi connectivity index (χ1) is 8.63. The fourth-order valence-electron chi connectivity index (χ4n) is 1.64. The molecule has 0 saturated heterocycles. The first kappa shape index (κ1) is 11.9. The molecule has 1 aromatic heterocycles. The van der Waals surface area contributed by atoms with Crippen LogP contribution in [0.3, 0.4) is 0 Å². The van der Waals surface area contributed by atoms with Crippen LogP contribution in [0.4, 0.5) is 17.3 Å². The highest BCUT2D eigenvalue weighted by Crippen LogP contribution is 2.24. The molecule has 1 aromatic carbocycles. The Labute approximate surface area is 104 Å². The van der Waals surface area contributed by atoms with Gasteiger partial charge in [-0.2, -0.15) is 5.10 Å². The van der Waals surface area contributed by atoms with Gasteiger partial charge in [-0.05, 0) is 12.1 Å². The number of benzene rings is 1. The zero-order chi connectivity index (χ0) is 13.1. The highest BCUT2D eigenvalue weighted by Gasteiger charge is 2.20. The van der Waals surface area contributed by atoms with Gasteiger partial charge in [0, 0.05) is 12.7 Å². The van der Waals surface area contributed by atoms with Gasteiger partial charge in [-0.1, -0.05) is 18.2 Å². The first-order valence-corrected chi connectivity index (χ1v) is 5.29. The molecule has 18 heavy (non-hydrogen) atoms. The highest BCUT2D eigenvalue weighted by atomic mass is 16.2. The molecule has 7 nitrogen and oxygen atoms in total. The fraction of sp³-hybridized carbons (Fsp3) is 0.0909. The van der Waals surface area contributed by atoms with Gasteiger partial charge in [0.2, 0.25) is 0 Å². The lowest BCUT2D eigenvalue weighted by Crippen LogP contribution is -2.30. The third-order valence-corrected chi connectivity index (χ3v) is 2.47. The van der Waals surface area contributed by atoms with Gasteiger partial charge in [-0.15, -0.1) is 0 Å². The largest absolute Gasteiger partial charge is 0.381 e. The second-order valence-corrected chi connectivity index (χ2v) is 3.70. The van der Waals surface area contributed by atoms with Gasteiger partial charge >= 0.3 is 0 Å². The van der Waals surface area contributed by atoms with E-state index in [1.54, 1.807) is 7.05 Å². The third kappa shape index (κ3) is 2.11. The predicted octanol–water partition coefficient (Wildman–Crippen LogP) is 0.349. The Kier molecular flexibility index (Phi) is 3.16. The Morgan fingerprint density at radius 1 is 1.33 bits per heavy atom. The number of hydrogen-bond donors (Lipinski definition) is 4. The smallest absolute Gasteiger partial charge is 0.272 e. The quantitative estimate of drug-likeness (QED) is 0.355. The lowest BCUT2D eigenvalue weighted by molar-refractivity contribution is 0.0955. The van der Waals surface area contributed by atoms with Crippen molar-refractivity contribution >= 4 is 23.2 Å². The number of hydrogen-bond acceptors (Lipinski definition) is 5. The van der Waals surface area contributed by atoms with Crippen molar-refractivity contribution in [2.45, 2.75) is 0 Å². The monoisotopic (exact) mass is 246 g/mol. The summed E-state index contributed by atoms with van der Waals surface area (Å²) in [6, 6.07) is 9.40. The van der Waals surface area contributed by atoms with Crippen molar-refractivity contribution < 1.29 is 4.79 Å². The van der Waals surface area contributed by atoms with Gasteiger partial charge in [0.05, 0.1) is 0 Å². The number of amides is 1. The summed E-state index contributed by atoms with van der Waals surface area (Å²) in [5, 5.41) is 7.07. The van der Waals surface area contributed by atoms with E-state index in [9.17, 15) is 4.79 Å². The molecular formula is C11H14N6O. The number of para-hydroxylation sites is 1. The van der Waals surface area contributed by atoms with Crippen molar-refractivity contribution in [3.63, 3.8) is 0 Å². The molecule has 0 fully saturated rings. The van der Waals surface area contributed by atoms with E-state index in [0.717, 1.165) is 5.69 Å². The average molecular weight is 246 g/mol. The van der Waals surface area contributed by atoms with Gasteiger partial charge in [-0.3, -0.25) is 10.2 Å². The molecule has 0 aliphatic heterocycles. The molecule has 0 bridgehead atoms. The van der Waals surface area contributed by atoms with Crippen LogP contribution in [0.2, 0.25) is 0 Å². The zero-order valence-electron chi connectivity index (χ0n) is 9.84. The van der Waals surface area contributed by atoms with Gasteiger partial charge < -0.3 is 11.1 Å². The van der Waals surface area contributed by atoms with Crippen molar-refractivity contribution in [3.8, 4) is 0 Å². The predicted molar refractivity (Wildman–Crippen MR) is 69.0 cm³/mol. The number of carbonyl (C=O) groups is 1. The van der Waals surface area contributed by atoms with E-state index in [4.69, 9.17) is 11.6 Å². The second kappa shape index (κ2) is 4.76. The summed E-state index contributed by atoms with van der Waals surface area (Å²) < 4.78 is 1.49. The molecule has 1 amide bonds. The number of aromatic nitrogens is 2. The molecule has 0 saturated carbocycles. The van der Waals surface area contributed by atoms with Crippen LogP contribution in [-0.4, -0.2) is 15.7 Å². The lowest BCUT2D eigenvalue weighted by Gasteiger charge is -2.08. The van der Waals surface area contributed by atoms with Crippen LogP contribution >= 0.6 is 0 Å². The number of aryl methyl sites for hydroxylation is 1. The van der Waals surface area contributed by atoms with Gasteiger partial charge in [-0.25, -0.2) is 10.5 Å². The molecule has 0 aliphatic carbocycles. The summed E-state index contributed by atoms with van der Waals surface area (Å²) >= 11 is 0. The molecule has 2 aromatic rings. The Hall–Kier alpha value is -2.54. The Balaban J connectivity index is 2.41. The van der Waals surface area contributed by atoms with E-state index >= 15 is 0 Å². The van der Waals surface area contributed by atoms with E-state index in [-0.39, 0.29) is 11.4 Å². The van der Waals surface area contributed by atoms with E-state index in [0.29, 0.717) is 5.82 Å². The van der Waals surface area contributed by atoms with Crippen LogP contribution in [0.5, 0.6) is 0 Å². The van der Waals surface area contributed by atoms with Crippen molar-refractivity contribution in [2.75, 3.05) is 11.1 Å². The van der Waals surface area contributed by atoms with Gasteiger partial charge in [0.1, 0.15) is 11.4 Å². The Bertz CT molecular complexity index is 562. The Morgan fingerprint density at radius 3 is 2.61 bits per heavy atom. The molecule has 6 N–H and O–H groups in total. The average Bonchev–Trinajstić information content (AvgIpc) is 2.65. The first-order valence-electron chi connectivity index (χ1n) is 5.29. The van der Waals surface area contributed by atoms with Crippen LogP contribution in [0.1, 0.15) is 10.4 Å². The van der Waals surface area contributed by atoms with Crippen LogP contribution in [0.25, 0.3) is 0 Å². The summed E-state index contributed by atoms with van der Waals surface area (Å²) in [5.41, 5.74) is 8.78. The van der Waals surface area contributed by atoms with E-state index in [1.807, 2.05) is 35.8 Å². The van der Waals surface area contributed by atoms with Gasteiger partial charge in [0.25, 0.3) is 5.91 Å². The maximum Gasteiger partial charge on any atom is 0.272 e. The molecule has 2 rings (SSSR count). The van der Waals surface area contributed by atoms with Crippen LogP contribution in [0.15, 0.2) is 30.3 Å². The summed E-state index contributed by atoms with van der Waals surface area (Å²) in [6.45, 7) is 0. The number of hydrazine groups is 1. The third-order valence-electron chi connectivity index (χ3n) is 2.47. The zero-order valence-corrected chi connectivity index (χ0v) is 9.84.